The van der Waals surface area contributed by atoms with Crippen molar-refractivity contribution in [3.8, 4) is 23.4 Å². The molecule has 0 saturated heterocycles. The van der Waals surface area contributed by atoms with E-state index in [2.05, 4.69) is 16.3 Å². The van der Waals surface area contributed by atoms with Gasteiger partial charge in [-0.2, -0.15) is 5.26 Å². The number of ether oxygens (including phenoxy) is 4. The van der Waals surface area contributed by atoms with E-state index >= 15 is 0 Å². The van der Waals surface area contributed by atoms with Crippen molar-refractivity contribution in [2.75, 3.05) is 20.8 Å². The van der Waals surface area contributed by atoms with Crippen LogP contribution in [0.25, 0.3) is 0 Å². The Morgan fingerprint density at radius 2 is 2.18 bits per heavy atom. The second kappa shape index (κ2) is 7.89. The van der Waals surface area contributed by atoms with Crippen LogP contribution in [0.15, 0.2) is 29.7 Å². The first-order valence-electron chi connectivity index (χ1n) is 8.22. The fourth-order valence-electron chi connectivity index (χ4n) is 3.03. The molecule has 1 amide bonds. The van der Waals surface area contributed by atoms with Gasteiger partial charge in [-0.3, -0.25) is 9.89 Å². The van der Waals surface area contributed by atoms with Gasteiger partial charge >= 0.3 is 0 Å². The summed E-state index contributed by atoms with van der Waals surface area (Å²) in [5.74, 6) is -0.177. The Labute approximate surface area is 160 Å². The largest absolute Gasteiger partial charge is 0.493 e. The number of hydrogen-bond acceptors (Lipinski definition) is 8. The smallest absolute Gasteiger partial charge is 0.255 e. The lowest BCUT2D eigenvalue weighted by Gasteiger charge is -2.24. The number of H-pyrrole nitrogens is 1. The van der Waals surface area contributed by atoms with Crippen LogP contribution in [0.5, 0.6) is 17.4 Å². The van der Waals surface area contributed by atoms with E-state index in [0.717, 1.165) is 0 Å². The topological polar surface area (TPSA) is 158 Å². The maximum Gasteiger partial charge on any atom is 0.255 e. The number of methoxy groups -OCH3 is 2. The van der Waals surface area contributed by atoms with E-state index in [1.165, 1.54) is 7.11 Å². The fourth-order valence-corrected chi connectivity index (χ4v) is 3.03. The molecule has 28 heavy (non-hydrogen) atoms. The van der Waals surface area contributed by atoms with Crippen molar-refractivity contribution >= 4 is 5.91 Å². The summed E-state index contributed by atoms with van der Waals surface area (Å²) in [6, 6.07) is 7.18. The number of aromatic nitrogens is 2. The minimum absolute atomic E-state index is 0.0245. The summed E-state index contributed by atoms with van der Waals surface area (Å²) in [5.41, 5.74) is 13.3. The highest BCUT2D eigenvalue weighted by Gasteiger charge is 2.35. The number of carbonyl (C=O) groups excluding carboxylic acids is 1. The molecule has 1 aliphatic heterocycles. The summed E-state index contributed by atoms with van der Waals surface area (Å²) in [7, 11) is 3.02. The molecule has 0 spiro atoms. The molecule has 2 heterocycles. The quantitative estimate of drug-likeness (QED) is 0.626. The SMILES string of the molecule is COCc1[nH]nc2c1[C@H](c1ccc(OCC(N)=O)c(OC)c1)C(C#N)=C(N)O2. The van der Waals surface area contributed by atoms with Crippen LogP contribution < -0.4 is 25.7 Å². The second-order valence-corrected chi connectivity index (χ2v) is 5.94. The number of amides is 1. The van der Waals surface area contributed by atoms with Crippen LogP contribution in [0.2, 0.25) is 0 Å². The molecule has 3 rings (SSSR count). The van der Waals surface area contributed by atoms with Gasteiger partial charge < -0.3 is 30.4 Å². The van der Waals surface area contributed by atoms with Crippen LogP contribution in [0, 0.1) is 11.3 Å². The first-order valence-corrected chi connectivity index (χ1v) is 8.22. The van der Waals surface area contributed by atoms with E-state index < -0.39 is 11.8 Å². The summed E-state index contributed by atoms with van der Waals surface area (Å²) in [6.45, 7) is -0.0368. The first kappa shape index (κ1) is 19.1. The van der Waals surface area contributed by atoms with Crippen LogP contribution >= 0.6 is 0 Å². The number of primary amides is 1. The third-order valence-corrected chi connectivity index (χ3v) is 4.20. The fraction of sp³-hybridized carbons (Fsp3) is 0.278. The van der Waals surface area contributed by atoms with Gasteiger partial charge in [0.25, 0.3) is 5.91 Å². The van der Waals surface area contributed by atoms with E-state index in [0.29, 0.717) is 28.3 Å². The van der Waals surface area contributed by atoms with E-state index in [4.69, 9.17) is 30.4 Å². The molecule has 146 valence electrons. The number of hydrogen-bond donors (Lipinski definition) is 3. The molecule has 1 atom stereocenters. The Kier molecular flexibility index (Phi) is 5.37. The standard InChI is InChI=1S/C18H19N5O5/c1-25-7-11-16-15(10(6-19)17(21)28-18(16)23-22-11)9-3-4-12(13(5-9)26-2)27-8-14(20)24/h3-5,15H,7-8,21H2,1-2H3,(H2,20,24)(H,22,23)/t15-/m1/s1. The molecule has 1 aromatic heterocycles. The summed E-state index contributed by atoms with van der Waals surface area (Å²) in [4.78, 5) is 11.0. The number of fused-ring (bicyclic) bond motifs is 1. The number of aromatic amines is 1. The molecule has 10 nitrogen and oxygen atoms in total. The number of nitrogens with zero attached hydrogens (tertiary/aromatic N) is 2. The van der Waals surface area contributed by atoms with E-state index in [-0.39, 0.29) is 30.5 Å². The normalized spacial score (nSPS) is 15.4. The van der Waals surface area contributed by atoms with Crippen molar-refractivity contribution in [1.29, 1.82) is 5.26 Å². The molecule has 0 saturated carbocycles. The molecular formula is C18H19N5O5. The van der Waals surface area contributed by atoms with Crippen LogP contribution in [0.4, 0.5) is 0 Å². The molecule has 1 aromatic carbocycles. The number of allylic oxidation sites excluding steroid dienone is 1. The summed E-state index contributed by atoms with van der Waals surface area (Å²) in [5, 5.41) is 16.6. The van der Waals surface area contributed by atoms with Crippen LogP contribution in [0.1, 0.15) is 22.7 Å². The molecule has 0 radical (unpaired) electrons. The maximum atomic E-state index is 11.0. The van der Waals surface area contributed by atoms with Crippen molar-refractivity contribution in [3.05, 3.63) is 46.5 Å². The Morgan fingerprint density at radius 1 is 1.39 bits per heavy atom. The molecule has 0 fully saturated rings. The van der Waals surface area contributed by atoms with Crippen LogP contribution in [0.3, 0.4) is 0 Å². The zero-order chi connectivity index (χ0) is 20.3. The van der Waals surface area contributed by atoms with Gasteiger partial charge in [0.1, 0.15) is 11.6 Å². The Balaban J connectivity index is 2.10. The number of rotatable bonds is 7. The second-order valence-electron chi connectivity index (χ2n) is 5.94. The average molecular weight is 385 g/mol. The van der Waals surface area contributed by atoms with Gasteiger partial charge in [0.05, 0.1) is 30.9 Å². The Bertz CT molecular complexity index is 975. The third kappa shape index (κ3) is 3.43. The minimum atomic E-state index is -0.606. The van der Waals surface area contributed by atoms with Crippen molar-refractivity contribution < 1.29 is 23.7 Å². The lowest BCUT2D eigenvalue weighted by atomic mass is 9.84. The number of nitrogens with one attached hydrogen (secondary N) is 1. The van der Waals surface area contributed by atoms with Gasteiger partial charge in [-0.05, 0) is 17.7 Å². The predicted molar refractivity (Wildman–Crippen MR) is 96.3 cm³/mol. The summed E-state index contributed by atoms with van der Waals surface area (Å²) < 4.78 is 21.4. The van der Waals surface area contributed by atoms with Gasteiger partial charge in [-0.15, -0.1) is 5.10 Å². The molecule has 0 unspecified atom stereocenters. The van der Waals surface area contributed by atoms with Gasteiger partial charge in [0.2, 0.25) is 11.8 Å². The molecule has 1 aliphatic rings. The van der Waals surface area contributed by atoms with E-state index in [9.17, 15) is 10.1 Å². The maximum absolute atomic E-state index is 11.0. The number of nitrogens with two attached hydrogens (primary N) is 2. The lowest BCUT2D eigenvalue weighted by molar-refractivity contribution is -0.119. The molecular weight excluding hydrogens is 366 g/mol. The molecule has 0 aliphatic carbocycles. The highest BCUT2D eigenvalue weighted by molar-refractivity contribution is 5.75. The first-order chi connectivity index (χ1) is 13.5. The molecule has 0 bridgehead atoms. The predicted octanol–water partition coefficient (Wildman–Crippen LogP) is 0.647. The minimum Gasteiger partial charge on any atom is -0.493 e. The van der Waals surface area contributed by atoms with Crippen molar-refractivity contribution in [2.24, 2.45) is 11.5 Å². The summed E-state index contributed by atoms with van der Waals surface area (Å²) in [6.07, 6.45) is 0. The Morgan fingerprint density at radius 3 is 2.82 bits per heavy atom. The summed E-state index contributed by atoms with van der Waals surface area (Å²) >= 11 is 0. The molecule has 10 heteroatoms. The zero-order valence-corrected chi connectivity index (χ0v) is 15.3. The molecule has 2 aromatic rings. The lowest BCUT2D eigenvalue weighted by Crippen LogP contribution is -2.22. The van der Waals surface area contributed by atoms with Crippen LogP contribution in [-0.2, 0) is 16.1 Å². The van der Waals surface area contributed by atoms with Crippen molar-refractivity contribution in [1.82, 2.24) is 10.2 Å². The van der Waals surface area contributed by atoms with Crippen molar-refractivity contribution in [2.45, 2.75) is 12.5 Å². The average Bonchev–Trinajstić information content (AvgIpc) is 3.07. The van der Waals surface area contributed by atoms with Gasteiger partial charge in [0, 0.05) is 7.11 Å². The third-order valence-electron chi connectivity index (χ3n) is 4.20. The highest BCUT2D eigenvalue weighted by atomic mass is 16.5. The zero-order valence-electron chi connectivity index (χ0n) is 15.3. The monoisotopic (exact) mass is 385 g/mol. The van der Waals surface area contributed by atoms with Crippen LogP contribution in [-0.4, -0.2) is 36.9 Å². The van der Waals surface area contributed by atoms with Gasteiger partial charge in [-0.1, -0.05) is 6.07 Å². The highest BCUT2D eigenvalue weighted by Crippen LogP contribution is 2.44. The van der Waals surface area contributed by atoms with E-state index in [1.807, 2.05) is 0 Å². The Hall–Kier alpha value is -3.71. The number of carbonyl (C=O) groups is 1. The molecule has 5 N–H and O–H groups in total. The van der Waals surface area contributed by atoms with Gasteiger partial charge in [0.15, 0.2) is 18.1 Å². The number of benzene rings is 1. The van der Waals surface area contributed by atoms with E-state index in [1.54, 1.807) is 25.3 Å². The van der Waals surface area contributed by atoms with Crippen molar-refractivity contribution in [3.63, 3.8) is 0 Å². The van der Waals surface area contributed by atoms with Gasteiger partial charge in [-0.25, -0.2) is 0 Å². The number of nitriles is 1.